The molecule has 176 valence electrons. The molecule has 2 N–H and O–H groups in total. The monoisotopic (exact) mass is 461 g/mol. The maximum absolute atomic E-state index is 13.5. The summed E-state index contributed by atoms with van der Waals surface area (Å²) in [5.41, 5.74) is 0.538. The predicted octanol–water partition coefficient (Wildman–Crippen LogP) is 1.69. The fourth-order valence-electron chi connectivity index (χ4n) is 3.20. The van der Waals surface area contributed by atoms with Gasteiger partial charge in [0.15, 0.2) is 5.75 Å². The van der Waals surface area contributed by atoms with Gasteiger partial charge in [-0.3, -0.25) is 19.7 Å². The van der Waals surface area contributed by atoms with Crippen LogP contribution in [-0.4, -0.2) is 49.0 Å². The summed E-state index contributed by atoms with van der Waals surface area (Å²) in [6, 6.07) is 7.40. The van der Waals surface area contributed by atoms with Crippen LogP contribution in [0.1, 0.15) is 18.1 Å². The number of halogens is 1. The number of nitro groups is 1. The number of hydrogen-bond acceptors (Lipinski definition) is 7. The van der Waals surface area contributed by atoms with Gasteiger partial charge < -0.3 is 20.1 Å². The summed E-state index contributed by atoms with van der Waals surface area (Å²) in [4.78, 5) is 47.5. The van der Waals surface area contributed by atoms with E-state index in [2.05, 4.69) is 10.6 Å². The Balaban J connectivity index is 2.25. The van der Waals surface area contributed by atoms with Crippen LogP contribution < -0.4 is 15.4 Å². The quantitative estimate of drug-likeness (QED) is 0.312. The largest absolute Gasteiger partial charge is 0.490 e. The van der Waals surface area contributed by atoms with Crippen LogP contribution in [0.25, 0.3) is 0 Å². The van der Waals surface area contributed by atoms with Gasteiger partial charge in [-0.05, 0) is 29.3 Å². The van der Waals surface area contributed by atoms with Crippen LogP contribution in [0.5, 0.6) is 5.75 Å². The van der Waals surface area contributed by atoms with Crippen molar-refractivity contribution >= 4 is 23.5 Å². The molecule has 0 radical (unpaired) electrons. The number of esters is 1. The number of nitrogens with one attached hydrogen (secondary N) is 2. The predicted molar refractivity (Wildman–Crippen MR) is 115 cm³/mol. The molecule has 0 saturated heterocycles. The lowest BCUT2D eigenvalue weighted by molar-refractivity contribution is -0.385. The summed E-state index contributed by atoms with van der Waals surface area (Å²) < 4.78 is 23.2. The molecular formula is C22H24FN3O7. The third-order valence-corrected chi connectivity index (χ3v) is 4.70. The molecular weight excluding hydrogens is 437 g/mol. The van der Waals surface area contributed by atoms with Gasteiger partial charge in [-0.1, -0.05) is 18.2 Å². The van der Waals surface area contributed by atoms with Crippen LogP contribution >= 0.6 is 0 Å². The van der Waals surface area contributed by atoms with Crippen LogP contribution in [0.15, 0.2) is 42.5 Å². The minimum absolute atomic E-state index is 0.0227. The molecule has 0 aliphatic carbocycles. The number of nitro benzene ring substituents is 1. The van der Waals surface area contributed by atoms with E-state index in [1.54, 1.807) is 6.07 Å². The van der Waals surface area contributed by atoms with E-state index in [1.165, 1.54) is 50.4 Å². The summed E-state index contributed by atoms with van der Waals surface area (Å²) in [5.74, 6) is -2.43. The summed E-state index contributed by atoms with van der Waals surface area (Å²) in [6.45, 7) is 1.22. The number of carbonyl (C=O) groups is 3. The number of hydrogen-bond donors (Lipinski definition) is 2. The Hall–Kier alpha value is -4.02. The van der Waals surface area contributed by atoms with E-state index in [4.69, 9.17) is 9.47 Å². The first-order valence-electron chi connectivity index (χ1n) is 9.85. The second kappa shape index (κ2) is 11.6. The molecule has 0 aliphatic rings. The molecule has 2 atom stereocenters. The molecule has 2 rings (SSSR count). The molecule has 0 fully saturated rings. The SMILES string of the molecule is COC(=O)[C@@H](Cc1ccc(OC)c([N+](=O)[O-])c1)NC(=O)[C@H](Cc1cccc(F)c1)NC(C)=O. The summed E-state index contributed by atoms with van der Waals surface area (Å²) in [5, 5.41) is 16.3. The lowest BCUT2D eigenvalue weighted by Crippen LogP contribution is -2.53. The Labute approximate surface area is 189 Å². The van der Waals surface area contributed by atoms with Gasteiger partial charge in [0, 0.05) is 25.8 Å². The van der Waals surface area contributed by atoms with Crippen molar-refractivity contribution < 1.29 is 33.2 Å². The molecule has 10 nitrogen and oxygen atoms in total. The fourth-order valence-corrected chi connectivity index (χ4v) is 3.20. The van der Waals surface area contributed by atoms with E-state index in [1.807, 2.05) is 0 Å². The maximum atomic E-state index is 13.5. The lowest BCUT2D eigenvalue weighted by Gasteiger charge is -2.22. The van der Waals surface area contributed by atoms with Gasteiger partial charge >= 0.3 is 11.7 Å². The molecule has 0 saturated carbocycles. The molecule has 0 heterocycles. The Kier molecular flexibility index (Phi) is 8.84. The first kappa shape index (κ1) is 25.2. The zero-order valence-corrected chi connectivity index (χ0v) is 18.3. The van der Waals surface area contributed by atoms with Crippen molar-refractivity contribution in [3.8, 4) is 5.75 Å². The highest BCUT2D eigenvalue weighted by molar-refractivity contribution is 5.90. The van der Waals surface area contributed by atoms with Gasteiger partial charge in [-0.2, -0.15) is 0 Å². The highest BCUT2D eigenvalue weighted by Crippen LogP contribution is 2.28. The van der Waals surface area contributed by atoms with Crippen LogP contribution in [-0.2, 0) is 32.0 Å². The van der Waals surface area contributed by atoms with Gasteiger partial charge in [0.05, 0.1) is 19.1 Å². The van der Waals surface area contributed by atoms with E-state index in [0.29, 0.717) is 11.1 Å². The smallest absolute Gasteiger partial charge is 0.328 e. The molecule has 0 aromatic heterocycles. The Morgan fingerprint density at radius 3 is 2.27 bits per heavy atom. The average molecular weight is 461 g/mol. The topological polar surface area (TPSA) is 137 Å². The minimum Gasteiger partial charge on any atom is -0.490 e. The van der Waals surface area contributed by atoms with Gasteiger partial charge in [0.1, 0.15) is 17.9 Å². The summed E-state index contributed by atoms with van der Waals surface area (Å²) in [6.07, 6.45) is -0.138. The third-order valence-electron chi connectivity index (χ3n) is 4.70. The second-order valence-corrected chi connectivity index (χ2v) is 7.14. The van der Waals surface area contributed by atoms with Crippen LogP contribution in [0.3, 0.4) is 0 Å². The van der Waals surface area contributed by atoms with E-state index in [-0.39, 0.29) is 24.3 Å². The summed E-state index contributed by atoms with van der Waals surface area (Å²) in [7, 11) is 2.43. The van der Waals surface area contributed by atoms with Crippen LogP contribution in [0.4, 0.5) is 10.1 Å². The van der Waals surface area contributed by atoms with Crippen molar-refractivity contribution in [2.45, 2.75) is 31.8 Å². The van der Waals surface area contributed by atoms with Gasteiger partial charge in [0.2, 0.25) is 11.8 Å². The third kappa shape index (κ3) is 7.27. The van der Waals surface area contributed by atoms with Crippen LogP contribution in [0.2, 0.25) is 0 Å². The second-order valence-electron chi connectivity index (χ2n) is 7.14. The number of rotatable bonds is 10. The van der Waals surface area contributed by atoms with Gasteiger partial charge in [0.25, 0.3) is 0 Å². The standard InChI is InChI=1S/C22H24FN3O7/c1-13(27)24-17(10-14-5-4-6-16(23)9-14)21(28)25-18(22(29)33-3)11-15-7-8-20(32-2)19(12-15)26(30)31/h4-9,12,17-18H,10-11H2,1-3H3,(H,24,27)(H,25,28)/t17-,18+/m0/s1. The average Bonchev–Trinajstić information content (AvgIpc) is 2.77. The number of methoxy groups -OCH3 is 2. The van der Waals surface area contributed by atoms with Crippen LogP contribution in [0, 0.1) is 15.9 Å². The molecule has 0 aliphatic heterocycles. The van der Waals surface area contributed by atoms with Crippen molar-refractivity contribution in [1.82, 2.24) is 10.6 Å². The van der Waals surface area contributed by atoms with Crippen molar-refractivity contribution in [1.29, 1.82) is 0 Å². The molecule has 2 amide bonds. The van der Waals surface area contributed by atoms with Gasteiger partial charge in [-0.25, -0.2) is 9.18 Å². The first-order chi connectivity index (χ1) is 15.6. The van der Waals surface area contributed by atoms with E-state index < -0.39 is 40.6 Å². The number of benzene rings is 2. The number of ether oxygens (including phenoxy) is 2. The lowest BCUT2D eigenvalue weighted by atomic mass is 10.0. The fraction of sp³-hybridized carbons (Fsp3) is 0.318. The Bertz CT molecular complexity index is 1040. The molecule has 0 unspecified atom stereocenters. The Morgan fingerprint density at radius 2 is 1.70 bits per heavy atom. The molecule has 2 aromatic rings. The van der Waals surface area contributed by atoms with E-state index in [9.17, 15) is 28.9 Å². The molecule has 2 aromatic carbocycles. The molecule has 0 bridgehead atoms. The van der Waals surface area contributed by atoms with Gasteiger partial charge in [-0.15, -0.1) is 0 Å². The van der Waals surface area contributed by atoms with Crippen molar-refractivity contribution in [2.75, 3.05) is 14.2 Å². The van der Waals surface area contributed by atoms with Crippen molar-refractivity contribution in [2.24, 2.45) is 0 Å². The molecule has 11 heteroatoms. The van der Waals surface area contributed by atoms with E-state index in [0.717, 1.165) is 7.11 Å². The normalized spacial score (nSPS) is 12.2. The first-order valence-corrected chi connectivity index (χ1v) is 9.85. The number of nitrogens with zero attached hydrogens (tertiary/aromatic N) is 1. The van der Waals surface area contributed by atoms with Crippen molar-refractivity contribution in [3.63, 3.8) is 0 Å². The number of carbonyl (C=O) groups excluding carboxylic acids is 3. The highest BCUT2D eigenvalue weighted by atomic mass is 19.1. The van der Waals surface area contributed by atoms with Crippen molar-refractivity contribution in [3.05, 3.63) is 69.5 Å². The highest BCUT2D eigenvalue weighted by Gasteiger charge is 2.28. The number of amides is 2. The zero-order valence-electron chi connectivity index (χ0n) is 18.3. The Morgan fingerprint density at radius 1 is 1.03 bits per heavy atom. The zero-order chi connectivity index (χ0) is 24.5. The molecule has 33 heavy (non-hydrogen) atoms. The summed E-state index contributed by atoms with van der Waals surface area (Å²) >= 11 is 0. The minimum atomic E-state index is -1.20. The van der Waals surface area contributed by atoms with E-state index >= 15 is 0 Å². The maximum Gasteiger partial charge on any atom is 0.328 e. The molecule has 0 spiro atoms.